The highest BCUT2D eigenvalue weighted by Crippen LogP contribution is 2.20. The van der Waals surface area contributed by atoms with Gasteiger partial charge in [0.2, 0.25) is 5.95 Å². The van der Waals surface area contributed by atoms with Gasteiger partial charge in [0.05, 0.1) is 6.61 Å². The van der Waals surface area contributed by atoms with Crippen LogP contribution in [0.2, 0.25) is 0 Å². The van der Waals surface area contributed by atoms with Crippen LogP contribution < -0.4 is 10.6 Å². The number of aromatic nitrogens is 2. The van der Waals surface area contributed by atoms with Crippen molar-refractivity contribution in [3.63, 3.8) is 0 Å². The highest BCUT2D eigenvalue weighted by molar-refractivity contribution is 5.67. The second-order valence-corrected chi connectivity index (χ2v) is 6.46. The molecular weight excluding hydrogens is 349 g/mol. The van der Waals surface area contributed by atoms with E-state index in [0.29, 0.717) is 37.1 Å². The number of likely N-dealkylation sites (tertiary alicyclic amines) is 1. The van der Waals surface area contributed by atoms with Gasteiger partial charge in [-0.25, -0.2) is 14.2 Å². The van der Waals surface area contributed by atoms with E-state index in [1.807, 2.05) is 13.0 Å². The second kappa shape index (κ2) is 8.66. The van der Waals surface area contributed by atoms with Gasteiger partial charge in [-0.05, 0) is 44.9 Å². The number of carbonyl (C=O) groups excluding carboxylic acids is 1. The van der Waals surface area contributed by atoms with Crippen LogP contribution in [0.15, 0.2) is 30.3 Å². The van der Waals surface area contributed by atoms with Crippen molar-refractivity contribution in [1.82, 2.24) is 14.9 Å². The summed E-state index contributed by atoms with van der Waals surface area (Å²) in [7, 11) is 0. The van der Waals surface area contributed by atoms with E-state index in [-0.39, 0.29) is 18.0 Å². The molecule has 1 aromatic carbocycles. The molecule has 1 amide bonds. The Balaban J connectivity index is 1.61. The lowest BCUT2D eigenvalue weighted by Crippen LogP contribution is -2.42. The average molecular weight is 373 g/mol. The van der Waals surface area contributed by atoms with Crippen molar-refractivity contribution < 1.29 is 13.9 Å². The van der Waals surface area contributed by atoms with Gasteiger partial charge in [-0.1, -0.05) is 6.07 Å². The van der Waals surface area contributed by atoms with E-state index in [2.05, 4.69) is 20.6 Å². The summed E-state index contributed by atoms with van der Waals surface area (Å²) in [5, 5.41) is 6.43. The van der Waals surface area contributed by atoms with Crippen LogP contribution in [0.1, 0.15) is 25.5 Å². The summed E-state index contributed by atoms with van der Waals surface area (Å²) in [6, 6.07) is 8.25. The van der Waals surface area contributed by atoms with Crippen molar-refractivity contribution in [2.24, 2.45) is 0 Å². The Labute approximate surface area is 158 Å². The van der Waals surface area contributed by atoms with E-state index < -0.39 is 0 Å². The average Bonchev–Trinajstić information content (AvgIpc) is 2.62. The molecule has 1 aliphatic heterocycles. The molecule has 7 nitrogen and oxygen atoms in total. The molecule has 0 saturated carbocycles. The molecule has 27 heavy (non-hydrogen) atoms. The van der Waals surface area contributed by atoms with Crippen molar-refractivity contribution in [2.75, 3.05) is 30.3 Å². The number of rotatable bonds is 5. The number of aryl methyl sites for hydroxylation is 1. The lowest BCUT2D eigenvalue weighted by molar-refractivity contribution is 0.0983. The lowest BCUT2D eigenvalue weighted by atomic mass is 10.1. The van der Waals surface area contributed by atoms with Crippen LogP contribution in [0.4, 0.5) is 26.6 Å². The fraction of sp³-hybridized carbons (Fsp3) is 0.421. The molecule has 3 rings (SSSR count). The lowest BCUT2D eigenvalue weighted by Gasteiger charge is -2.31. The van der Waals surface area contributed by atoms with Crippen LogP contribution in [0, 0.1) is 12.7 Å². The van der Waals surface area contributed by atoms with Crippen molar-refractivity contribution in [3.8, 4) is 0 Å². The molecule has 0 aliphatic carbocycles. The van der Waals surface area contributed by atoms with Crippen molar-refractivity contribution in [1.29, 1.82) is 0 Å². The van der Waals surface area contributed by atoms with Gasteiger partial charge in [-0.15, -0.1) is 0 Å². The third-order valence-corrected chi connectivity index (χ3v) is 4.31. The molecule has 144 valence electrons. The number of hydrogen-bond donors (Lipinski definition) is 2. The van der Waals surface area contributed by atoms with E-state index in [9.17, 15) is 9.18 Å². The summed E-state index contributed by atoms with van der Waals surface area (Å²) in [6.07, 6.45) is 1.37. The van der Waals surface area contributed by atoms with Crippen LogP contribution in [-0.4, -0.2) is 46.7 Å². The number of hydrogen-bond acceptors (Lipinski definition) is 6. The minimum atomic E-state index is -0.320. The maximum Gasteiger partial charge on any atom is 0.409 e. The first kappa shape index (κ1) is 18.9. The van der Waals surface area contributed by atoms with Crippen molar-refractivity contribution >= 4 is 23.5 Å². The van der Waals surface area contributed by atoms with Crippen LogP contribution in [0.3, 0.4) is 0 Å². The Morgan fingerprint density at radius 1 is 1.30 bits per heavy atom. The third kappa shape index (κ3) is 5.29. The first-order valence-corrected chi connectivity index (χ1v) is 9.10. The summed E-state index contributed by atoms with van der Waals surface area (Å²) in [4.78, 5) is 22.3. The Morgan fingerprint density at radius 2 is 2.07 bits per heavy atom. The van der Waals surface area contributed by atoms with Crippen LogP contribution in [-0.2, 0) is 4.74 Å². The molecule has 1 saturated heterocycles. The van der Waals surface area contributed by atoms with Gasteiger partial charge in [0.1, 0.15) is 11.6 Å². The second-order valence-electron chi connectivity index (χ2n) is 6.46. The summed E-state index contributed by atoms with van der Waals surface area (Å²) in [6.45, 7) is 5.37. The van der Waals surface area contributed by atoms with Crippen molar-refractivity contribution in [3.05, 3.63) is 41.8 Å². The highest BCUT2D eigenvalue weighted by atomic mass is 19.1. The number of halogens is 1. The number of benzene rings is 1. The molecule has 1 aliphatic rings. The number of nitrogens with one attached hydrogen (secondary N) is 2. The molecule has 0 radical (unpaired) electrons. The fourth-order valence-corrected chi connectivity index (χ4v) is 3.02. The molecule has 0 bridgehead atoms. The molecule has 0 unspecified atom stereocenters. The van der Waals surface area contributed by atoms with Crippen molar-refractivity contribution in [2.45, 2.75) is 32.7 Å². The quantitative estimate of drug-likeness (QED) is 0.832. The number of piperidine rings is 1. The Bertz CT molecular complexity index is 793. The fourth-order valence-electron chi connectivity index (χ4n) is 3.02. The smallest absolute Gasteiger partial charge is 0.409 e. The van der Waals surface area contributed by atoms with Gasteiger partial charge in [0.25, 0.3) is 0 Å². The predicted octanol–water partition coefficient (Wildman–Crippen LogP) is 3.70. The molecule has 2 N–H and O–H groups in total. The molecular formula is C19H24FN5O2. The SMILES string of the molecule is CCOC(=O)N1CCC(Nc2cc(C)nc(Nc3cccc(F)c3)n2)CC1. The van der Waals surface area contributed by atoms with E-state index in [1.165, 1.54) is 12.1 Å². The Kier molecular flexibility index (Phi) is 6.05. The van der Waals surface area contributed by atoms with Gasteiger partial charge in [-0.2, -0.15) is 4.98 Å². The van der Waals surface area contributed by atoms with Crippen LogP contribution in [0.25, 0.3) is 0 Å². The molecule has 0 spiro atoms. The topological polar surface area (TPSA) is 79.4 Å². The summed E-state index contributed by atoms with van der Waals surface area (Å²) < 4.78 is 18.4. The van der Waals surface area contributed by atoms with E-state index in [4.69, 9.17) is 4.74 Å². The van der Waals surface area contributed by atoms with Gasteiger partial charge in [-0.3, -0.25) is 0 Å². The molecule has 1 fully saturated rings. The number of ether oxygens (including phenoxy) is 1. The zero-order valence-corrected chi connectivity index (χ0v) is 15.5. The van der Waals surface area contributed by atoms with Gasteiger partial charge in [0, 0.05) is 36.6 Å². The normalized spacial score (nSPS) is 14.7. The zero-order valence-electron chi connectivity index (χ0n) is 15.5. The summed E-state index contributed by atoms with van der Waals surface area (Å²) >= 11 is 0. The molecule has 0 atom stereocenters. The van der Waals surface area contributed by atoms with E-state index in [1.54, 1.807) is 24.0 Å². The molecule has 2 heterocycles. The van der Waals surface area contributed by atoms with Crippen LogP contribution >= 0.6 is 0 Å². The largest absolute Gasteiger partial charge is 0.450 e. The number of anilines is 3. The van der Waals surface area contributed by atoms with Crippen LogP contribution in [0.5, 0.6) is 0 Å². The highest BCUT2D eigenvalue weighted by Gasteiger charge is 2.23. The minimum Gasteiger partial charge on any atom is -0.450 e. The first-order valence-electron chi connectivity index (χ1n) is 9.10. The molecule has 1 aromatic heterocycles. The first-order chi connectivity index (χ1) is 13.0. The Hall–Kier alpha value is -2.90. The minimum absolute atomic E-state index is 0.215. The van der Waals surface area contributed by atoms with Gasteiger partial charge >= 0.3 is 6.09 Å². The van der Waals surface area contributed by atoms with E-state index in [0.717, 1.165) is 18.5 Å². The molecule has 8 heteroatoms. The standard InChI is InChI=1S/C19H24FN5O2/c1-3-27-19(26)25-9-7-15(8-10-25)22-17-11-13(2)21-18(24-17)23-16-6-4-5-14(20)12-16/h4-6,11-12,15H,3,7-10H2,1-2H3,(H2,21,22,23,24). The van der Waals surface area contributed by atoms with Gasteiger partial charge < -0.3 is 20.3 Å². The monoisotopic (exact) mass is 373 g/mol. The Morgan fingerprint density at radius 3 is 2.78 bits per heavy atom. The summed E-state index contributed by atoms with van der Waals surface area (Å²) in [5.74, 6) is 0.794. The summed E-state index contributed by atoms with van der Waals surface area (Å²) in [5.41, 5.74) is 1.39. The maximum absolute atomic E-state index is 13.3. The number of nitrogens with zero attached hydrogens (tertiary/aromatic N) is 3. The maximum atomic E-state index is 13.3. The predicted molar refractivity (Wildman–Crippen MR) is 102 cm³/mol. The zero-order chi connectivity index (χ0) is 19.2. The third-order valence-electron chi connectivity index (χ3n) is 4.31. The number of amides is 1. The van der Waals surface area contributed by atoms with E-state index >= 15 is 0 Å². The number of carbonyl (C=O) groups is 1. The molecule has 2 aromatic rings. The van der Waals surface area contributed by atoms with Gasteiger partial charge in [0.15, 0.2) is 0 Å².